The summed E-state index contributed by atoms with van der Waals surface area (Å²) < 4.78 is 11.0. The maximum Gasteiger partial charge on any atom is 0.168 e. The van der Waals surface area contributed by atoms with E-state index in [2.05, 4.69) is 4.90 Å². The molecule has 0 N–H and O–H groups in total. The van der Waals surface area contributed by atoms with E-state index in [1.807, 2.05) is 45.0 Å². The molecule has 1 heterocycles. The van der Waals surface area contributed by atoms with Crippen LogP contribution in [0.4, 0.5) is 0 Å². The van der Waals surface area contributed by atoms with Crippen LogP contribution in [-0.4, -0.2) is 50.1 Å². The van der Waals surface area contributed by atoms with Gasteiger partial charge in [0.2, 0.25) is 0 Å². The number of benzene rings is 1. The van der Waals surface area contributed by atoms with Gasteiger partial charge >= 0.3 is 0 Å². The maximum absolute atomic E-state index is 12.1. The number of morpholine rings is 1. The highest BCUT2D eigenvalue weighted by Crippen LogP contribution is 2.22. The lowest BCUT2D eigenvalue weighted by atomic mass is 9.86. The number of ketones is 1. The third-order valence-corrected chi connectivity index (χ3v) is 3.58. The topological polar surface area (TPSA) is 38.8 Å². The number of nitrogens with zero attached hydrogens (tertiary/aromatic N) is 1. The van der Waals surface area contributed by atoms with Gasteiger partial charge < -0.3 is 9.47 Å². The lowest BCUT2D eigenvalue weighted by Gasteiger charge is -2.26. The van der Waals surface area contributed by atoms with E-state index in [-0.39, 0.29) is 11.2 Å². The summed E-state index contributed by atoms with van der Waals surface area (Å²) in [5.74, 6) is 0.969. The number of rotatable bonds is 5. The highest BCUT2D eigenvalue weighted by Gasteiger charge is 2.22. The van der Waals surface area contributed by atoms with Gasteiger partial charge in [-0.15, -0.1) is 0 Å². The fourth-order valence-corrected chi connectivity index (χ4v) is 2.25. The first-order valence-corrected chi connectivity index (χ1v) is 7.54. The minimum absolute atomic E-state index is 0.155. The van der Waals surface area contributed by atoms with Crippen LogP contribution in [0.3, 0.4) is 0 Å². The molecule has 0 saturated carbocycles. The van der Waals surface area contributed by atoms with Gasteiger partial charge in [0.15, 0.2) is 5.78 Å². The molecule has 4 heteroatoms. The molecule has 0 aromatic heterocycles. The van der Waals surface area contributed by atoms with Crippen molar-refractivity contribution in [2.45, 2.75) is 20.8 Å². The number of carbonyl (C=O) groups is 1. The van der Waals surface area contributed by atoms with Crippen LogP contribution in [-0.2, 0) is 4.74 Å². The Labute approximate surface area is 127 Å². The monoisotopic (exact) mass is 291 g/mol. The Kier molecular flexibility index (Phi) is 5.37. The van der Waals surface area contributed by atoms with Crippen LogP contribution in [0.2, 0.25) is 0 Å². The highest BCUT2D eigenvalue weighted by molar-refractivity contribution is 5.99. The second-order valence-corrected chi connectivity index (χ2v) is 6.41. The molecule has 0 amide bonds. The average molecular weight is 291 g/mol. The van der Waals surface area contributed by atoms with E-state index in [0.29, 0.717) is 6.61 Å². The van der Waals surface area contributed by atoms with E-state index in [1.54, 1.807) is 0 Å². The first-order valence-electron chi connectivity index (χ1n) is 7.54. The summed E-state index contributed by atoms with van der Waals surface area (Å²) in [6.45, 7) is 10.9. The Morgan fingerprint density at radius 3 is 2.38 bits per heavy atom. The van der Waals surface area contributed by atoms with E-state index < -0.39 is 0 Å². The zero-order chi connectivity index (χ0) is 15.3. The summed E-state index contributed by atoms with van der Waals surface area (Å²) in [4.78, 5) is 14.5. The maximum atomic E-state index is 12.1. The van der Waals surface area contributed by atoms with Gasteiger partial charge in [0.25, 0.3) is 0 Å². The van der Waals surface area contributed by atoms with Crippen molar-refractivity contribution < 1.29 is 14.3 Å². The standard InChI is InChI=1S/C17H25NO3/c1-17(2,3)16(19)14-4-6-15(7-5-14)21-13-10-18-8-11-20-12-9-18/h4-7H,8-13H2,1-3H3. The van der Waals surface area contributed by atoms with Crippen molar-refractivity contribution in [2.75, 3.05) is 39.5 Å². The smallest absolute Gasteiger partial charge is 0.168 e. The van der Waals surface area contributed by atoms with E-state index in [4.69, 9.17) is 9.47 Å². The summed E-state index contributed by atoms with van der Waals surface area (Å²) in [6, 6.07) is 7.44. The van der Waals surface area contributed by atoms with Crippen LogP contribution in [0.25, 0.3) is 0 Å². The molecule has 116 valence electrons. The van der Waals surface area contributed by atoms with Crippen LogP contribution < -0.4 is 4.74 Å². The van der Waals surface area contributed by atoms with Gasteiger partial charge in [0.05, 0.1) is 13.2 Å². The van der Waals surface area contributed by atoms with Gasteiger partial charge in [-0.05, 0) is 24.3 Å². The number of ether oxygens (including phenoxy) is 2. The quantitative estimate of drug-likeness (QED) is 0.782. The molecule has 1 aromatic carbocycles. The second-order valence-electron chi connectivity index (χ2n) is 6.41. The van der Waals surface area contributed by atoms with Crippen LogP contribution in [0.15, 0.2) is 24.3 Å². The summed E-state index contributed by atoms with van der Waals surface area (Å²) in [7, 11) is 0. The normalized spacial score (nSPS) is 16.7. The van der Waals surface area contributed by atoms with E-state index >= 15 is 0 Å². The van der Waals surface area contributed by atoms with Crippen molar-refractivity contribution in [2.24, 2.45) is 5.41 Å². The SMILES string of the molecule is CC(C)(C)C(=O)c1ccc(OCCN2CCOCC2)cc1. The molecule has 0 aliphatic carbocycles. The fraction of sp³-hybridized carbons (Fsp3) is 0.588. The molecule has 0 unspecified atom stereocenters. The third-order valence-electron chi connectivity index (χ3n) is 3.58. The minimum atomic E-state index is -0.349. The Morgan fingerprint density at radius 1 is 1.19 bits per heavy atom. The van der Waals surface area contributed by atoms with Crippen molar-refractivity contribution in [1.29, 1.82) is 0 Å². The number of hydrogen-bond donors (Lipinski definition) is 0. The number of hydrogen-bond acceptors (Lipinski definition) is 4. The van der Waals surface area contributed by atoms with Crippen molar-refractivity contribution >= 4 is 5.78 Å². The predicted molar refractivity (Wildman–Crippen MR) is 83.0 cm³/mol. The molecule has 1 fully saturated rings. The van der Waals surface area contributed by atoms with Crippen LogP contribution in [0.1, 0.15) is 31.1 Å². The Morgan fingerprint density at radius 2 is 1.81 bits per heavy atom. The van der Waals surface area contributed by atoms with Gasteiger partial charge in [0.1, 0.15) is 12.4 Å². The van der Waals surface area contributed by atoms with Gasteiger partial charge in [-0.25, -0.2) is 0 Å². The van der Waals surface area contributed by atoms with Gasteiger partial charge in [-0.1, -0.05) is 20.8 Å². The van der Waals surface area contributed by atoms with Crippen molar-refractivity contribution in [3.8, 4) is 5.75 Å². The summed E-state index contributed by atoms with van der Waals surface area (Å²) >= 11 is 0. The molecule has 0 bridgehead atoms. The summed E-state index contributed by atoms with van der Waals surface area (Å²) in [5.41, 5.74) is 0.390. The minimum Gasteiger partial charge on any atom is -0.492 e. The first-order chi connectivity index (χ1) is 9.97. The molecule has 21 heavy (non-hydrogen) atoms. The fourth-order valence-electron chi connectivity index (χ4n) is 2.25. The molecule has 0 atom stereocenters. The van der Waals surface area contributed by atoms with Crippen molar-refractivity contribution in [1.82, 2.24) is 4.90 Å². The first kappa shape index (κ1) is 16.0. The van der Waals surface area contributed by atoms with E-state index in [9.17, 15) is 4.79 Å². The molecule has 1 aromatic rings. The molecule has 1 saturated heterocycles. The lowest BCUT2D eigenvalue weighted by Crippen LogP contribution is -2.38. The van der Waals surface area contributed by atoms with Crippen LogP contribution in [0.5, 0.6) is 5.75 Å². The molecule has 2 rings (SSSR count). The molecule has 0 radical (unpaired) electrons. The molecule has 0 spiro atoms. The predicted octanol–water partition coefficient (Wildman–Crippen LogP) is 2.63. The Bertz CT molecular complexity index is 456. The average Bonchev–Trinajstić information content (AvgIpc) is 2.47. The number of carbonyl (C=O) groups excluding carboxylic acids is 1. The van der Waals surface area contributed by atoms with Gasteiger partial charge in [-0.3, -0.25) is 9.69 Å². The van der Waals surface area contributed by atoms with Gasteiger partial charge in [0, 0.05) is 30.6 Å². The molecule has 4 nitrogen and oxygen atoms in total. The van der Waals surface area contributed by atoms with Crippen molar-refractivity contribution in [3.05, 3.63) is 29.8 Å². The zero-order valence-corrected chi connectivity index (χ0v) is 13.2. The summed E-state index contributed by atoms with van der Waals surface area (Å²) in [5, 5.41) is 0. The Balaban J connectivity index is 1.81. The van der Waals surface area contributed by atoms with E-state index in [0.717, 1.165) is 44.2 Å². The third kappa shape index (κ3) is 4.83. The zero-order valence-electron chi connectivity index (χ0n) is 13.2. The van der Waals surface area contributed by atoms with Gasteiger partial charge in [-0.2, -0.15) is 0 Å². The van der Waals surface area contributed by atoms with E-state index in [1.165, 1.54) is 0 Å². The largest absolute Gasteiger partial charge is 0.492 e. The molecular weight excluding hydrogens is 266 g/mol. The van der Waals surface area contributed by atoms with Crippen LogP contribution in [0, 0.1) is 5.41 Å². The Hall–Kier alpha value is -1.39. The summed E-state index contributed by atoms with van der Waals surface area (Å²) in [6.07, 6.45) is 0. The number of Topliss-reactive ketones (excluding diaryl/α,β-unsaturated/α-hetero) is 1. The highest BCUT2D eigenvalue weighted by atomic mass is 16.5. The van der Waals surface area contributed by atoms with Crippen molar-refractivity contribution in [3.63, 3.8) is 0 Å². The lowest BCUT2D eigenvalue weighted by molar-refractivity contribution is 0.0322. The van der Waals surface area contributed by atoms with Crippen LogP contribution >= 0.6 is 0 Å². The molecule has 1 aliphatic rings. The second kappa shape index (κ2) is 7.05. The molecule has 1 aliphatic heterocycles. The molecular formula is C17H25NO3.